The molecule has 0 aliphatic heterocycles. The highest BCUT2D eigenvalue weighted by atomic mass is 19.3. The molecule has 0 spiro atoms. The van der Waals surface area contributed by atoms with Gasteiger partial charge in [0.25, 0.3) is 0 Å². The summed E-state index contributed by atoms with van der Waals surface area (Å²) in [5, 5.41) is -0.478. The second-order valence-corrected chi connectivity index (χ2v) is 6.01. The molecule has 0 unspecified atom stereocenters. The number of hydrogen-bond donors (Lipinski definition) is 0. The maximum Gasteiger partial charge on any atom is 0.387 e. The minimum Gasteiger partial charge on any atom is -0.489 e. The molecule has 162 valence electrons. The lowest BCUT2D eigenvalue weighted by Gasteiger charge is -2.11. The molecule has 3 aromatic carbocycles. The molecule has 3 rings (SSSR count). The van der Waals surface area contributed by atoms with Crippen molar-refractivity contribution in [3.63, 3.8) is 0 Å². The molecule has 0 aromatic heterocycles. The fourth-order valence-electron chi connectivity index (χ4n) is 2.69. The van der Waals surface area contributed by atoms with E-state index < -0.39 is 47.2 Å². The Labute approximate surface area is 171 Å². The Morgan fingerprint density at radius 2 is 1.65 bits per heavy atom. The zero-order chi connectivity index (χ0) is 22.7. The Balaban J connectivity index is 1.90. The van der Waals surface area contributed by atoms with Crippen LogP contribution in [-0.4, -0.2) is 19.2 Å². The van der Waals surface area contributed by atoms with Gasteiger partial charge in [0, 0.05) is 17.5 Å². The van der Waals surface area contributed by atoms with E-state index in [0.717, 1.165) is 30.3 Å². The molecule has 0 radical (unpaired) electrons. The number of esters is 1. The van der Waals surface area contributed by atoms with E-state index in [-0.39, 0.29) is 28.9 Å². The van der Waals surface area contributed by atoms with Crippen LogP contribution in [0.25, 0.3) is 10.8 Å². The van der Waals surface area contributed by atoms with Crippen molar-refractivity contribution in [1.82, 2.24) is 0 Å². The van der Waals surface area contributed by atoms with Crippen molar-refractivity contribution in [3.8, 4) is 17.2 Å². The van der Waals surface area contributed by atoms with Crippen LogP contribution >= 0.6 is 0 Å². The lowest BCUT2D eigenvalue weighted by molar-refractivity contribution is -0.0544. The van der Waals surface area contributed by atoms with Crippen LogP contribution in [0.3, 0.4) is 0 Å². The number of ether oxygens (including phenoxy) is 3. The average Bonchev–Trinajstić information content (AvgIpc) is 2.68. The molecule has 0 amide bonds. The number of carbonyl (C=O) groups is 1. The van der Waals surface area contributed by atoms with Crippen LogP contribution in [0.5, 0.6) is 17.2 Å². The Hall–Kier alpha value is -3.69. The van der Waals surface area contributed by atoms with Crippen molar-refractivity contribution < 1.29 is 45.3 Å². The first-order valence-corrected chi connectivity index (χ1v) is 8.52. The van der Waals surface area contributed by atoms with E-state index >= 15 is 0 Å². The monoisotopic (exact) mass is 442 g/mol. The Morgan fingerprint density at radius 3 is 2.26 bits per heavy atom. The van der Waals surface area contributed by atoms with Gasteiger partial charge < -0.3 is 14.2 Å². The summed E-state index contributed by atoms with van der Waals surface area (Å²) in [4.78, 5) is 12.2. The first-order chi connectivity index (χ1) is 14.7. The molecule has 0 saturated heterocycles. The van der Waals surface area contributed by atoms with Gasteiger partial charge in [-0.1, -0.05) is 12.7 Å². The van der Waals surface area contributed by atoms with Crippen LogP contribution in [0.15, 0.2) is 49.1 Å². The largest absolute Gasteiger partial charge is 0.489 e. The van der Waals surface area contributed by atoms with Gasteiger partial charge in [0.05, 0.1) is 0 Å². The van der Waals surface area contributed by atoms with E-state index in [1.165, 1.54) is 6.08 Å². The van der Waals surface area contributed by atoms with Gasteiger partial charge in [0.2, 0.25) is 0 Å². The smallest absolute Gasteiger partial charge is 0.387 e. The molecule has 0 bridgehead atoms. The Morgan fingerprint density at radius 1 is 0.968 bits per heavy atom. The third kappa shape index (κ3) is 4.73. The fourth-order valence-corrected chi connectivity index (χ4v) is 2.69. The van der Waals surface area contributed by atoms with Crippen molar-refractivity contribution in [2.24, 2.45) is 0 Å². The number of rotatable bonds is 7. The number of hydrogen-bond acceptors (Lipinski definition) is 4. The van der Waals surface area contributed by atoms with E-state index in [9.17, 15) is 31.1 Å². The van der Waals surface area contributed by atoms with Gasteiger partial charge in [-0.2, -0.15) is 8.78 Å². The lowest BCUT2D eigenvalue weighted by atomic mass is 10.1. The SMILES string of the molecule is C=CCOc1cc(F)c(C(=O)Oc2ccc3c(F)c(OC(F)F)c(F)cc3c2)c(F)c1. The van der Waals surface area contributed by atoms with Gasteiger partial charge in [-0.25, -0.2) is 22.4 Å². The zero-order valence-corrected chi connectivity index (χ0v) is 15.4. The number of fused-ring (bicyclic) bond motifs is 1. The highest BCUT2D eigenvalue weighted by Gasteiger charge is 2.23. The molecule has 31 heavy (non-hydrogen) atoms. The van der Waals surface area contributed by atoms with Crippen LogP contribution in [0.4, 0.5) is 26.3 Å². The quantitative estimate of drug-likeness (QED) is 0.201. The average molecular weight is 442 g/mol. The second-order valence-electron chi connectivity index (χ2n) is 6.01. The normalized spacial score (nSPS) is 10.9. The predicted octanol–water partition coefficient (Wildman–Crippen LogP) is 5.78. The highest BCUT2D eigenvalue weighted by Crippen LogP contribution is 2.33. The maximum atomic E-state index is 14.3. The van der Waals surface area contributed by atoms with Crippen molar-refractivity contribution >= 4 is 16.7 Å². The molecular formula is C21H12F6O4. The molecule has 0 fully saturated rings. The van der Waals surface area contributed by atoms with Crippen LogP contribution in [0.1, 0.15) is 10.4 Å². The number of benzene rings is 3. The minimum atomic E-state index is -3.44. The number of carbonyl (C=O) groups excluding carboxylic acids is 1. The van der Waals surface area contributed by atoms with Crippen LogP contribution in [-0.2, 0) is 0 Å². The summed E-state index contributed by atoms with van der Waals surface area (Å²) in [6.07, 6.45) is 1.35. The van der Waals surface area contributed by atoms with Crippen molar-refractivity contribution in [2.45, 2.75) is 6.61 Å². The molecule has 10 heteroatoms. The van der Waals surface area contributed by atoms with Crippen LogP contribution in [0, 0.1) is 23.3 Å². The van der Waals surface area contributed by atoms with Gasteiger partial charge >= 0.3 is 12.6 Å². The minimum absolute atomic E-state index is 0.0169. The molecule has 0 N–H and O–H groups in total. The highest BCUT2D eigenvalue weighted by molar-refractivity contribution is 5.93. The van der Waals surface area contributed by atoms with Crippen molar-refractivity contribution in [1.29, 1.82) is 0 Å². The molecule has 4 nitrogen and oxygen atoms in total. The van der Waals surface area contributed by atoms with E-state index in [1.54, 1.807) is 0 Å². The van der Waals surface area contributed by atoms with Gasteiger partial charge in [0.15, 0.2) is 17.4 Å². The first kappa shape index (κ1) is 22.0. The van der Waals surface area contributed by atoms with Gasteiger partial charge in [-0.15, -0.1) is 0 Å². The van der Waals surface area contributed by atoms with Gasteiger partial charge in [0.1, 0.15) is 35.3 Å². The summed E-state index contributed by atoms with van der Waals surface area (Å²) >= 11 is 0. The molecule has 0 aliphatic rings. The van der Waals surface area contributed by atoms with E-state index in [4.69, 9.17) is 9.47 Å². The third-order valence-corrected chi connectivity index (χ3v) is 3.96. The summed E-state index contributed by atoms with van der Waals surface area (Å²) in [6, 6.07) is 5.26. The fraction of sp³-hybridized carbons (Fsp3) is 0.0952. The molecule has 0 aliphatic carbocycles. The maximum absolute atomic E-state index is 14.3. The van der Waals surface area contributed by atoms with Crippen molar-refractivity contribution in [3.05, 3.63) is 77.9 Å². The number of halogens is 6. The van der Waals surface area contributed by atoms with E-state index in [0.29, 0.717) is 6.07 Å². The Bertz CT molecular complexity index is 1140. The molecule has 0 atom stereocenters. The van der Waals surface area contributed by atoms with Gasteiger partial charge in [-0.3, -0.25) is 0 Å². The molecule has 0 saturated carbocycles. The summed E-state index contributed by atoms with van der Waals surface area (Å²) < 4.78 is 94.9. The van der Waals surface area contributed by atoms with Crippen molar-refractivity contribution in [2.75, 3.05) is 6.61 Å². The summed E-state index contributed by atoms with van der Waals surface area (Å²) in [6.45, 7) is -0.0722. The summed E-state index contributed by atoms with van der Waals surface area (Å²) in [5.41, 5.74) is -1.01. The zero-order valence-electron chi connectivity index (χ0n) is 15.4. The summed E-state index contributed by atoms with van der Waals surface area (Å²) in [7, 11) is 0. The molecular weight excluding hydrogens is 430 g/mol. The third-order valence-electron chi connectivity index (χ3n) is 3.96. The van der Waals surface area contributed by atoms with E-state index in [1.807, 2.05) is 0 Å². The Kier molecular flexibility index (Phi) is 6.38. The topological polar surface area (TPSA) is 44.8 Å². The lowest BCUT2D eigenvalue weighted by Crippen LogP contribution is -2.13. The molecule has 3 aromatic rings. The second kappa shape index (κ2) is 8.99. The summed E-state index contributed by atoms with van der Waals surface area (Å²) in [5.74, 6) is -8.47. The van der Waals surface area contributed by atoms with Gasteiger partial charge in [-0.05, 0) is 29.7 Å². The number of alkyl halides is 2. The van der Waals surface area contributed by atoms with Crippen LogP contribution < -0.4 is 14.2 Å². The van der Waals surface area contributed by atoms with E-state index in [2.05, 4.69) is 11.3 Å². The molecule has 0 heterocycles. The first-order valence-electron chi connectivity index (χ1n) is 8.52. The van der Waals surface area contributed by atoms with Crippen LogP contribution in [0.2, 0.25) is 0 Å². The predicted molar refractivity (Wildman–Crippen MR) is 97.5 cm³/mol. The standard InChI is InChI=1S/C21H12F6O4/c1-2-5-29-12-8-14(22)17(15(23)9-12)20(28)30-11-3-4-13-10(6-11)7-16(24)19(18(13)25)31-21(26)27/h2-4,6-9,21H,1,5H2.